The minimum absolute atomic E-state index is 0.00478. The van der Waals surface area contributed by atoms with Gasteiger partial charge in [-0.25, -0.2) is 8.42 Å². The van der Waals surface area contributed by atoms with E-state index in [-0.39, 0.29) is 36.7 Å². The van der Waals surface area contributed by atoms with Gasteiger partial charge in [-0.3, -0.25) is 4.79 Å². The molecule has 136 valence electrons. The first-order chi connectivity index (χ1) is 11.9. The monoisotopic (exact) mass is 384 g/mol. The van der Waals surface area contributed by atoms with Crippen LogP contribution in [0, 0.1) is 0 Å². The number of esters is 1. The molecule has 0 unspecified atom stereocenters. The van der Waals surface area contributed by atoms with Gasteiger partial charge >= 0.3 is 5.97 Å². The number of fused-ring (bicyclic) bond motifs is 1. The summed E-state index contributed by atoms with van der Waals surface area (Å²) in [6.45, 7) is 1.93. The van der Waals surface area contributed by atoms with Crippen molar-refractivity contribution in [3.63, 3.8) is 0 Å². The molecule has 3 rings (SSSR count). The molecule has 7 nitrogen and oxygen atoms in total. The number of sulfone groups is 1. The van der Waals surface area contributed by atoms with Crippen LogP contribution < -0.4 is 9.64 Å². The van der Waals surface area contributed by atoms with Gasteiger partial charge in [-0.2, -0.15) is 0 Å². The first kappa shape index (κ1) is 17.9. The molecule has 0 aromatic heterocycles. The van der Waals surface area contributed by atoms with Gasteiger partial charge in [-0.05, 0) is 31.3 Å². The normalized spacial score (nSPS) is 24.3. The van der Waals surface area contributed by atoms with Crippen LogP contribution in [0.15, 0.2) is 24.3 Å². The predicted octanol–water partition coefficient (Wildman–Crippen LogP) is 0.831. The predicted molar refractivity (Wildman–Crippen MR) is 97.6 cm³/mol. The smallest absolute Gasteiger partial charge is 0.325 e. The van der Waals surface area contributed by atoms with Crippen LogP contribution in [-0.4, -0.2) is 68.3 Å². The summed E-state index contributed by atoms with van der Waals surface area (Å²) in [5.41, 5.74) is 0.702. The van der Waals surface area contributed by atoms with E-state index >= 15 is 0 Å². The van der Waals surface area contributed by atoms with E-state index in [2.05, 4.69) is 0 Å². The fourth-order valence-electron chi connectivity index (χ4n) is 3.42. The summed E-state index contributed by atoms with van der Waals surface area (Å²) in [6.07, 6.45) is 0. The van der Waals surface area contributed by atoms with E-state index in [1.54, 1.807) is 29.9 Å². The van der Waals surface area contributed by atoms with E-state index < -0.39 is 15.8 Å². The number of nitrogens with zero attached hydrogens (tertiary/aromatic N) is 2. The topological polar surface area (TPSA) is 76.2 Å². The lowest BCUT2D eigenvalue weighted by atomic mass is 10.1. The van der Waals surface area contributed by atoms with Crippen LogP contribution in [0.25, 0.3) is 0 Å². The lowest BCUT2D eigenvalue weighted by Crippen LogP contribution is -2.41. The minimum Gasteiger partial charge on any atom is -0.495 e. The molecule has 9 heteroatoms. The SMILES string of the molecule is CCOC(=O)CN1C(=S)N(c2ccccc2OC)[C@@H]2CS(=O)(=O)C[C@@H]21. The number of thiocarbonyl (C=S) groups is 1. The molecule has 0 aliphatic carbocycles. The van der Waals surface area contributed by atoms with Crippen LogP contribution in [0.4, 0.5) is 5.69 Å². The highest BCUT2D eigenvalue weighted by molar-refractivity contribution is 7.91. The average molecular weight is 384 g/mol. The second-order valence-electron chi connectivity index (χ2n) is 5.97. The van der Waals surface area contributed by atoms with Gasteiger partial charge in [0.05, 0.1) is 43.0 Å². The van der Waals surface area contributed by atoms with Gasteiger partial charge in [0.1, 0.15) is 12.3 Å². The Labute approximate surface area is 152 Å². The highest BCUT2D eigenvalue weighted by Crippen LogP contribution is 2.39. The van der Waals surface area contributed by atoms with E-state index in [0.717, 1.165) is 0 Å². The van der Waals surface area contributed by atoms with Gasteiger partial charge in [-0.15, -0.1) is 0 Å². The molecule has 0 N–H and O–H groups in total. The standard InChI is InChI=1S/C16H20N2O5S2/c1-3-23-15(19)8-17-12-9-25(20,21)10-13(12)18(16(17)24)11-6-4-5-7-14(11)22-2/h4-7,12-13H,3,8-10H2,1-2H3/t12-,13+/m0/s1. The third kappa shape index (κ3) is 3.30. The first-order valence-corrected chi connectivity index (χ1v) is 10.2. The zero-order chi connectivity index (χ0) is 18.2. The zero-order valence-corrected chi connectivity index (χ0v) is 15.7. The second-order valence-corrected chi connectivity index (χ2v) is 8.49. The lowest BCUT2D eigenvalue weighted by Gasteiger charge is -2.26. The van der Waals surface area contributed by atoms with Gasteiger partial charge in [0, 0.05) is 0 Å². The minimum atomic E-state index is -3.21. The Hall–Kier alpha value is -1.87. The number of hydrogen-bond donors (Lipinski definition) is 0. The van der Waals surface area contributed by atoms with Crippen molar-refractivity contribution >= 4 is 38.8 Å². The second kappa shape index (κ2) is 6.80. The third-order valence-corrected chi connectivity index (χ3v) is 6.56. The zero-order valence-electron chi connectivity index (χ0n) is 14.0. The summed E-state index contributed by atoms with van der Waals surface area (Å²) in [7, 11) is -1.65. The third-order valence-electron chi connectivity index (χ3n) is 4.43. The molecule has 0 radical (unpaired) electrons. The maximum Gasteiger partial charge on any atom is 0.325 e. The summed E-state index contributed by atoms with van der Waals surface area (Å²) < 4.78 is 34.8. The Morgan fingerprint density at radius 1 is 1.28 bits per heavy atom. The van der Waals surface area contributed by atoms with Crippen molar-refractivity contribution in [2.24, 2.45) is 0 Å². The molecule has 0 amide bonds. The molecule has 2 aliphatic heterocycles. The van der Waals surface area contributed by atoms with Gasteiger partial charge < -0.3 is 19.3 Å². The Bertz CT molecular complexity index is 795. The number of para-hydroxylation sites is 2. The lowest BCUT2D eigenvalue weighted by molar-refractivity contribution is -0.143. The number of methoxy groups -OCH3 is 1. The van der Waals surface area contributed by atoms with Crippen molar-refractivity contribution in [1.82, 2.24) is 4.90 Å². The van der Waals surface area contributed by atoms with E-state index in [0.29, 0.717) is 16.5 Å². The van der Waals surface area contributed by atoms with Crippen LogP contribution in [-0.2, 0) is 19.4 Å². The summed E-state index contributed by atoms with van der Waals surface area (Å²) in [5, 5.41) is 0.419. The van der Waals surface area contributed by atoms with Crippen LogP contribution in [0.2, 0.25) is 0 Å². The number of benzene rings is 1. The van der Waals surface area contributed by atoms with Crippen LogP contribution in [0.1, 0.15) is 6.92 Å². The van der Waals surface area contributed by atoms with Gasteiger partial charge in [0.2, 0.25) is 0 Å². The molecule has 0 spiro atoms. The van der Waals surface area contributed by atoms with Gasteiger partial charge in [0.25, 0.3) is 0 Å². The van der Waals surface area contributed by atoms with E-state index in [9.17, 15) is 13.2 Å². The Morgan fingerprint density at radius 3 is 2.64 bits per heavy atom. The average Bonchev–Trinajstić information content (AvgIpc) is 2.99. The number of ether oxygens (including phenoxy) is 2. The van der Waals surface area contributed by atoms with Crippen LogP contribution >= 0.6 is 12.2 Å². The number of carbonyl (C=O) groups is 1. The molecule has 25 heavy (non-hydrogen) atoms. The number of hydrogen-bond acceptors (Lipinski definition) is 6. The van der Waals surface area contributed by atoms with Crippen LogP contribution in [0.5, 0.6) is 5.75 Å². The van der Waals surface area contributed by atoms with Crippen LogP contribution in [0.3, 0.4) is 0 Å². The molecule has 0 saturated carbocycles. The molecule has 1 aromatic carbocycles. The first-order valence-electron chi connectivity index (χ1n) is 7.97. The van der Waals surface area contributed by atoms with Crippen molar-refractivity contribution in [2.75, 3.05) is 36.7 Å². The Morgan fingerprint density at radius 2 is 1.96 bits per heavy atom. The number of carbonyl (C=O) groups excluding carboxylic acids is 1. The van der Waals surface area contributed by atoms with E-state index in [4.69, 9.17) is 21.7 Å². The largest absolute Gasteiger partial charge is 0.495 e. The van der Waals surface area contributed by atoms with Crippen molar-refractivity contribution in [3.05, 3.63) is 24.3 Å². The van der Waals surface area contributed by atoms with Gasteiger partial charge in [-0.1, -0.05) is 12.1 Å². The Kier molecular flexibility index (Phi) is 4.88. The van der Waals surface area contributed by atoms with Crippen molar-refractivity contribution in [2.45, 2.75) is 19.0 Å². The number of rotatable bonds is 5. The number of anilines is 1. The quantitative estimate of drug-likeness (QED) is 0.546. The fourth-order valence-corrected chi connectivity index (χ4v) is 5.80. The molecule has 2 heterocycles. The summed E-state index contributed by atoms with van der Waals surface area (Å²) >= 11 is 5.58. The van der Waals surface area contributed by atoms with Crippen molar-refractivity contribution in [3.8, 4) is 5.75 Å². The highest BCUT2D eigenvalue weighted by Gasteiger charge is 2.53. The van der Waals surface area contributed by atoms with Gasteiger partial charge in [0.15, 0.2) is 14.9 Å². The molecule has 2 saturated heterocycles. The van der Waals surface area contributed by atoms with Crippen molar-refractivity contribution in [1.29, 1.82) is 0 Å². The molecular weight excluding hydrogens is 364 g/mol. The maximum absolute atomic E-state index is 12.2. The summed E-state index contributed by atoms with van der Waals surface area (Å²) in [6, 6.07) is 6.59. The molecule has 2 fully saturated rings. The fraction of sp³-hybridized carbons (Fsp3) is 0.500. The Balaban J connectivity index is 1.98. The molecule has 2 atom stereocenters. The highest BCUT2D eigenvalue weighted by atomic mass is 32.2. The summed E-state index contributed by atoms with van der Waals surface area (Å²) in [4.78, 5) is 15.4. The molecule has 2 aliphatic rings. The molecule has 1 aromatic rings. The van der Waals surface area contributed by atoms with E-state index in [1.807, 2.05) is 18.2 Å². The summed E-state index contributed by atoms with van der Waals surface area (Å²) in [5.74, 6) is 0.151. The maximum atomic E-state index is 12.2. The molecule has 0 bridgehead atoms. The molecular formula is C16H20N2O5S2. The van der Waals surface area contributed by atoms with Crippen molar-refractivity contribution < 1.29 is 22.7 Å². The van der Waals surface area contributed by atoms with E-state index in [1.165, 1.54) is 0 Å².